The van der Waals surface area contributed by atoms with Crippen LogP contribution in [-0.2, 0) is 0 Å². The van der Waals surface area contributed by atoms with E-state index in [1.165, 1.54) is 0 Å². The fourth-order valence-corrected chi connectivity index (χ4v) is 0.966. The van der Waals surface area contributed by atoms with Crippen LogP contribution in [0.5, 0.6) is 0 Å². The van der Waals surface area contributed by atoms with Gasteiger partial charge >= 0.3 is 6.03 Å². The molecule has 0 spiro atoms. The van der Waals surface area contributed by atoms with E-state index in [4.69, 9.17) is 0 Å². The second kappa shape index (κ2) is 5.86. The van der Waals surface area contributed by atoms with Gasteiger partial charge in [-0.2, -0.15) is 0 Å². The van der Waals surface area contributed by atoms with Crippen LogP contribution in [0.15, 0.2) is 0 Å². The van der Waals surface area contributed by atoms with Crippen molar-refractivity contribution in [3.05, 3.63) is 0 Å². The average Bonchev–Trinajstić information content (AvgIpc) is 2.04. The van der Waals surface area contributed by atoms with Crippen molar-refractivity contribution >= 4 is 6.03 Å². The van der Waals surface area contributed by atoms with Crippen molar-refractivity contribution < 1.29 is 4.79 Å². The van der Waals surface area contributed by atoms with Crippen LogP contribution in [0.2, 0.25) is 0 Å². The molecule has 0 aliphatic carbocycles. The molecule has 12 heavy (non-hydrogen) atoms. The molecule has 0 aromatic heterocycles. The molecule has 0 heterocycles. The van der Waals surface area contributed by atoms with Gasteiger partial charge in [0, 0.05) is 20.1 Å². The minimum atomic E-state index is 0.0257. The van der Waals surface area contributed by atoms with Crippen molar-refractivity contribution in [1.29, 1.82) is 0 Å². The van der Waals surface area contributed by atoms with Gasteiger partial charge in [0.1, 0.15) is 0 Å². The van der Waals surface area contributed by atoms with E-state index in [0.29, 0.717) is 12.5 Å². The number of carbonyl (C=O) groups is 1. The van der Waals surface area contributed by atoms with Gasteiger partial charge in [0.25, 0.3) is 0 Å². The summed E-state index contributed by atoms with van der Waals surface area (Å²) in [6.45, 7) is 7.74. The maximum absolute atomic E-state index is 11.2. The Bertz CT molecular complexity index is 136. The van der Waals surface area contributed by atoms with Gasteiger partial charge in [-0.15, -0.1) is 0 Å². The average molecular weight is 172 g/mol. The third-order valence-electron chi connectivity index (χ3n) is 1.96. The van der Waals surface area contributed by atoms with Crippen molar-refractivity contribution in [2.75, 3.05) is 20.1 Å². The predicted molar refractivity (Wildman–Crippen MR) is 51.2 cm³/mol. The smallest absolute Gasteiger partial charge is 0.317 e. The second-order valence-electron chi connectivity index (χ2n) is 3.23. The molecule has 0 aliphatic heterocycles. The van der Waals surface area contributed by atoms with Gasteiger partial charge in [-0.25, -0.2) is 4.79 Å². The minimum Gasteiger partial charge on any atom is -0.338 e. The molecule has 1 unspecified atom stereocenters. The molecule has 2 amide bonds. The topological polar surface area (TPSA) is 32.3 Å². The predicted octanol–water partition coefficient (Wildman–Crippen LogP) is 1.69. The summed E-state index contributed by atoms with van der Waals surface area (Å²) >= 11 is 0. The first kappa shape index (κ1) is 11.3. The van der Waals surface area contributed by atoms with Crippen molar-refractivity contribution in [3.8, 4) is 0 Å². The van der Waals surface area contributed by atoms with Gasteiger partial charge in [0.15, 0.2) is 0 Å². The summed E-state index contributed by atoms with van der Waals surface area (Å²) < 4.78 is 0. The zero-order chi connectivity index (χ0) is 9.56. The molecule has 3 nitrogen and oxygen atoms in total. The van der Waals surface area contributed by atoms with Crippen molar-refractivity contribution in [2.24, 2.45) is 5.92 Å². The first-order valence-corrected chi connectivity index (χ1v) is 4.60. The van der Waals surface area contributed by atoms with Crippen molar-refractivity contribution in [1.82, 2.24) is 10.2 Å². The van der Waals surface area contributed by atoms with Crippen LogP contribution in [0.4, 0.5) is 4.79 Å². The van der Waals surface area contributed by atoms with Gasteiger partial charge in [-0.1, -0.05) is 20.3 Å². The van der Waals surface area contributed by atoms with Gasteiger partial charge in [0.05, 0.1) is 0 Å². The molecule has 1 atom stereocenters. The molecule has 0 rings (SSSR count). The number of rotatable bonds is 4. The quantitative estimate of drug-likeness (QED) is 0.687. The number of hydrogen-bond donors (Lipinski definition) is 1. The van der Waals surface area contributed by atoms with Crippen LogP contribution >= 0.6 is 0 Å². The summed E-state index contributed by atoms with van der Waals surface area (Å²) in [7, 11) is 1.83. The summed E-state index contributed by atoms with van der Waals surface area (Å²) in [5.41, 5.74) is 0. The zero-order valence-electron chi connectivity index (χ0n) is 8.55. The van der Waals surface area contributed by atoms with Gasteiger partial charge < -0.3 is 10.2 Å². The Morgan fingerprint density at radius 3 is 2.50 bits per heavy atom. The Morgan fingerprint density at radius 2 is 2.08 bits per heavy atom. The molecule has 0 bridgehead atoms. The van der Waals surface area contributed by atoms with Gasteiger partial charge in [0.2, 0.25) is 0 Å². The van der Waals surface area contributed by atoms with Crippen molar-refractivity contribution in [3.63, 3.8) is 0 Å². The fraction of sp³-hybridized carbons (Fsp3) is 0.889. The summed E-state index contributed by atoms with van der Waals surface area (Å²) in [6.07, 6.45) is 1.11. The standard InChI is InChI=1S/C9H20N2O/c1-5-8(3)7-11(4)9(12)10-6-2/h8H,5-7H2,1-4H3,(H,10,12). The Kier molecular flexibility index (Phi) is 5.51. The highest BCUT2D eigenvalue weighted by Crippen LogP contribution is 2.02. The largest absolute Gasteiger partial charge is 0.338 e. The normalized spacial score (nSPS) is 12.3. The molecule has 0 aliphatic rings. The summed E-state index contributed by atoms with van der Waals surface area (Å²) in [5.74, 6) is 0.581. The molecule has 0 saturated carbocycles. The van der Waals surface area contributed by atoms with E-state index in [1.807, 2.05) is 14.0 Å². The van der Waals surface area contributed by atoms with Crippen LogP contribution in [0.1, 0.15) is 27.2 Å². The number of hydrogen-bond acceptors (Lipinski definition) is 1. The van der Waals surface area contributed by atoms with Crippen LogP contribution in [0, 0.1) is 5.92 Å². The third kappa shape index (κ3) is 4.21. The van der Waals surface area contributed by atoms with E-state index in [0.717, 1.165) is 13.0 Å². The zero-order valence-corrected chi connectivity index (χ0v) is 8.55. The monoisotopic (exact) mass is 172 g/mol. The number of urea groups is 1. The molecule has 0 radical (unpaired) electrons. The highest BCUT2D eigenvalue weighted by molar-refractivity contribution is 5.73. The van der Waals surface area contributed by atoms with Crippen LogP contribution in [0.3, 0.4) is 0 Å². The van der Waals surface area contributed by atoms with E-state index in [-0.39, 0.29) is 6.03 Å². The lowest BCUT2D eigenvalue weighted by Crippen LogP contribution is -2.39. The van der Waals surface area contributed by atoms with Gasteiger partial charge in [-0.05, 0) is 12.8 Å². The number of carbonyl (C=O) groups excluding carboxylic acids is 1. The lowest BCUT2D eigenvalue weighted by Gasteiger charge is -2.20. The number of nitrogens with zero attached hydrogens (tertiary/aromatic N) is 1. The van der Waals surface area contributed by atoms with E-state index in [9.17, 15) is 4.79 Å². The van der Waals surface area contributed by atoms with E-state index in [2.05, 4.69) is 19.2 Å². The molecular formula is C9H20N2O. The number of nitrogens with one attached hydrogen (secondary N) is 1. The Labute approximate surface area is 75.1 Å². The summed E-state index contributed by atoms with van der Waals surface area (Å²) in [4.78, 5) is 12.9. The minimum absolute atomic E-state index is 0.0257. The molecule has 0 aromatic carbocycles. The van der Waals surface area contributed by atoms with E-state index in [1.54, 1.807) is 4.90 Å². The Balaban J connectivity index is 3.70. The summed E-state index contributed by atoms with van der Waals surface area (Å²) in [6, 6.07) is 0.0257. The molecule has 0 aromatic rings. The molecular weight excluding hydrogens is 152 g/mol. The van der Waals surface area contributed by atoms with Crippen molar-refractivity contribution in [2.45, 2.75) is 27.2 Å². The lowest BCUT2D eigenvalue weighted by molar-refractivity contribution is 0.202. The maximum atomic E-state index is 11.2. The third-order valence-corrected chi connectivity index (χ3v) is 1.96. The lowest BCUT2D eigenvalue weighted by atomic mass is 10.1. The van der Waals surface area contributed by atoms with Crippen LogP contribution in [-0.4, -0.2) is 31.1 Å². The molecule has 3 heteroatoms. The summed E-state index contributed by atoms with van der Waals surface area (Å²) in [5, 5.41) is 2.76. The molecule has 1 N–H and O–H groups in total. The van der Waals surface area contributed by atoms with Crippen LogP contribution in [0.25, 0.3) is 0 Å². The highest BCUT2D eigenvalue weighted by atomic mass is 16.2. The van der Waals surface area contributed by atoms with Gasteiger partial charge in [-0.3, -0.25) is 0 Å². The SMILES string of the molecule is CCNC(=O)N(C)CC(C)CC. The molecule has 72 valence electrons. The highest BCUT2D eigenvalue weighted by Gasteiger charge is 2.09. The number of amides is 2. The second-order valence-corrected chi connectivity index (χ2v) is 3.23. The van der Waals surface area contributed by atoms with E-state index >= 15 is 0 Å². The maximum Gasteiger partial charge on any atom is 0.317 e. The first-order chi connectivity index (χ1) is 5.61. The first-order valence-electron chi connectivity index (χ1n) is 4.60. The van der Waals surface area contributed by atoms with E-state index < -0.39 is 0 Å². The van der Waals surface area contributed by atoms with Crippen LogP contribution < -0.4 is 5.32 Å². The molecule has 0 saturated heterocycles. The molecule has 0 fully saturated rings. The fourth-order valence-electron chi connectivity index (χ4n) is 0.966. The Morgan fingerprint density at radius 1 is 1.50 bits per heavy atom. The Hall–Kier alpha value is -0.730.